The molecule has 0 radical (unpaired) electrons. The highest BCUT2D eigenvalue weighted by molar-refractivity contribution is 8.10. The maximum Gasteiger partial charge on any atom is 0.338 e. The molecule has 3 rings (SSSR count). The third-order valence-corrected chi connectivity index (χ3v) is 6.55. The predicted octanol–water partition coefficient (Wildman–Crippen LogP) is 2.84. The van der Waals surface area contributed by atoms with Gasteiger partial charge in [0, 0.05) is 30.4 Å². The van der Waals surface area contributed by atoms with Gasteiger partial charge in [0.15, 0.2) is 12.4 Å². The van der Waals surface area contributed by atoms with E-state index in [0.29, 0.717) is 5.56 Å². The summed E-state index contributed by atoms with van der Waals surface area (Å²) < 4.78 is 22.3. The van der Waals surface area contributed by atoms with E-state index in [1.165, 1.54) is 6.92 Å². The van der Waals surface area contributed by atoms with Crippen LogP contribution in [-0.4, -0.2) is 55.7 Å². The van der Waals surface area contributed by atoms with Crippen molar-refractivity contribution in [2.24, 2.45) is 0 Å². The van der Waals surface area contributed by atoms with Crippen LogP contribution in [0, 0.1) is 0 Å². The summed E-state index contributed by atoms with van der Waals surface area (Å²) in [4.78, 5) is 25.6. The Balaban J connectivity index is 1.87. The minimum absolute atomic E-state index is 0.00998. The zero-order valence-corrected chi connectivity index (χ0v) is 16.1. The van der Waals surface area contributed by atoms with E-state index in [9.17, 15) is 9.59 Å². The van der Waals surface area contributed by atoms with E-state index in [0.717, 1.165) is 21.3 Å². The van der Waals surface area contributed by atoms with E-state index in [1.807, 2.05) is 6.07 Å². The number of methoxy groups -OCH3 is 1. The molecule has 1 aromatic carbocycles. The van der Waals surface area contributed by atoms with Crippen LogP contribution in [0.1, 0.15) is 17.3 Å². The summed E-state index contributed by atoms with van der Waals surface area (Å²) >= 11 is 3.27. The molecule has 0 amide bonds. The van der Waals surface area contributed by atoms with Crippen molar-refractivity contribution in [3.05, 3.63) is 45.7 Å². The molecule has 6 nitrogen and oxygen atoms in total. The van der Waals surface area contributed by atoms with Crippen LogP contribution >= 0.6 is 23.5 Å². The normalized spacial score (nSPS) is 25.4. The number of esters is 2. The molecule has 2 heterocycles. The Morgan fingerprint density at radius 3 is 2.50 bits per heavy atom. The van der Waals surface area contributed by atoms with Crippen molar-refractivity contribution in [1.29, 1.82) is 0 Å². The van der Waals surface area contributed by atoms with Gasteiger partial charge in [-0.2, -0.15) is 0 Å². The van der Waals surface area contributed by atoms with Crippen LogP contribution in [0.25, 0.3) is 0 Å². The van der Waals surface area contributed by atoms with E-state index in [-0.39, 0.29) is 6.61 Å². The quantitative estimate of drug-likeness (QED) is 0.704. The van der Waals surface area contributed by atoms with Crippen LogP contribution in [0.4, 0.5) is 0 Å². The number of carbonyl (C=O) groups is 2. The van der Waals surface area contributed by atoms with Crippen LogP contribution < -0.4 is 0 Å². The fourth-order valence-electron chi connectivity index (χ4n) is 2.69. The van der Waals surface area contributed by atoms with E-state index in [1.54, 1.807) is 54.9 Å². The molecule has 140 valence electrons. The Morgan fingerprint density at radius 2 is 1.85 bits per heavy atom. The molecule has 0 saturated carbocycles. The fraction of sp³-hybridized carbons (Fsp3) is 0.444. The van der Waals surface area contributed by atoms with Crippen molar-refractivity contribution in [2.75, 3.05) is 25.2 Å². The highest BCUT2D eigenvalue weighted by atomic mass is 32.2. The van der Waals surface area contributed by atoms with Crippen molar-refractivity contribution in [3.63, 3.8) is 0 Å². The highest BCUT2D eigenvalue weighted by Gasteiger charge is 2.42. The van der Waals surface area contributed by atoms with E-state index >= 15 is 0 Å². The third-order valence-electron chi connectivity index (χ3n) is 3.86. The molecule has 2 aliphatic heterocycles. The van der Waals surface area contributed by atoms with Gasteiger partial charge in [-0.25, -0.2) is 4.79 Å². The summed E-state index contributed by atoms with van der Waals surface area (Å²) in [6, 6.07) is 8.79. The lowest BCUT2D eigenvalue weighted by atomic mass is 10.1. The van der Waals surface area contributed by atoms with Gasteiger partial charge in [-0.1, -0.05) is 18.2 Å². The zero-order chi connectivity index (χ0) is 18.5. The van der Waals surface area contributed by atoms with Crippen LogP contribution in [0.3, 0.4) is 0 Å². The molecule has 1 aromatic rings. The number of benzene rings is 1. The lowest BCUT2D eigenvalue weighted by Crippen LogP contribution is -2.46. The number of carbonyl (C=O) groups excluding carboxylic acids is 2. The first-order valence-electron chi connectivity index (χ1n) is 8.17. The van der Waals surface area contributed by atoms with Crippen LogP contribution in [-0.2, 0) is 23.7 Å². The van der Waals surface area contributed by atoms with Gasteiger partial charge in [-0.05, 0) is 12.1 Å². The second-order valence-corrected chi connectivity index (χ2v) is 7.94. The van der Waals surface area contributed by atoms with Crippen molar-refractivity contribution in [2.45, 2.75) is 25.4 Å². The maximum absolute atomic E-state index is 12.6. The Morgan fingerprint density at radius 1 is 1.15 bits per heavy atom. The monoisotopic (exact) mass is 396 g/mol. The summed E-state index contributed by atoms with van der Waals surface area (Å²) in [5.74, 6) is 0.979. The Hall–Kier alpha value is -1.48. The Bertz CT molecular complexity index is 690. The minimum Gasteiger partial charge on any atom is -0.463 e. The molecule has 0 unspecified atom stereocenters. The van der Waals surface area contributed by atoms with Crippen LogP contribution in [0.5, 0.6) is 0 Å². The van der Waals surface area contributed by atoms with E-state index < -0.39 is 30.4 Å². The summed E-state index contributed by atoms with van der Waals surface area (Å²) in [6.45, 7) is 1.32. The van der Waals surface area contributed by atoms with Gasteiger partial charge in [0.05, 0.1) is 10.5 Å². The first kappa shape index (κ1) is 19.3. The molecule has 0 aromatic heterocycles. The van der Waals surface area contributed by atoms with Crippen molar-refractivity contribution >= 4 is 35.5 Å². The summed E-state index contributed by atoms with van der Waals surface area (Å²) in [6.07, 6.45) is -1.81. The molecule has 0 bridgehead atoms. The van der Waals surface area contributed by atoms with Crippen molar-refractivity contribution in [1.82, 2.24) is 0 Å². The Kier molecular flexibility index (Phi) is 6.63. The molecule has 0 saturated heterocycles. The molecule has 0 N–H and O–H groups in total. The smallest absolute Gasteiger partial charge is 0.338 e. The molecule has 0 fully saturated rings. The van der Waals surface area contributed by atoms with Crippen LogP contribution in [0.15, 0.2) is 40.1 Å². The molecular formula is C18H20O6S2. The van der Waals surface area contributed by atoms with Gasteiger partial charge in [0.1, 0.15) is 12.7 Å². The zero-order valence-electron chi connectivity index (χ0n) is 14.5. The summed E-state index contributed by atoms with van der Waals surface area (Å²) in [5.41, 5.74) is 0.461. The maximum atomic E-state index is 12.6. The Labute approximate surface area is 160 Å². The SMILES string of the molecule is CO[C@@H]1O[C@H](COC(C)=O)[C@@H](OC(=O)c2ccccc2)C2=C1SCCS2. The van der Waals surface area contributed by atoms with Crippen molar-refractivity contribution < 1.29 is 28.5 Å². The highest BCUT2D eigenvalue weighted by Crippen LogP contribution is 2.44. The number of rotatable bonds is 5. The average molecular weight is 396 g/mol. The van der Waals surface area contributed by atoms with Gasteiger partial charge in [0.25, 0.3) is 0 Å². The lowest BCUT2D eigenvalue weighted by Gasteiger charge is -2.39. The van der Waals surface area contributed by atoms with Gasteiger partial charge < -0.3 is 18.9 Å². The molecular weight excluding hydrogens is 376 g/mol. The third kappa shape index (κ3) is 4.43. The first-order valence-corrected chi connectivity index (χ1v) is 10.1. The first-order chi connectivity index (χ1) is 12.6. The standard InChI is InChI=1S/C18H20O6S2/c1-11(19)22-10-13-14(24-17(20)12-6-4-3-5-7-12)15-16(18(21-2)23-13)26-9-8-25-15/h3-7,13-14,18H,8-10H2,1-2H3/t13-,14-,18-/m1/s1. The average Bonchev–Trinajstić information content (AvgIpc) is 2.67. The number of ether oxygens (including phenoxy) is 4. The van der Waals surface area contributed by atoms with Crippen molar-refractivity contribution in [3.8, 4) is 0 Å². The largest absolute Gasteiger partial charge is 0.463 e. The summed E-state index contributed by atoms with van der Waals surface area (Å²) in [7, 11) is 1.56. The minimum atomic E-state index is -0.638. The topological polar surface area (TPSA) is 71.1 Å². The fourth-order valence-corrected chi connectivity index (χ4v) is 5.30. The van der Waals surface area contributed by atoms with E-state index in [4.69, 9.17) is 18.9 Å². The van der Waals surface area contributed by atoms with Crippen LogP contribution in [0.2, 0.25) is 0 Å². The lowest BCUT2D eigenvalue weighted by molar-refractivity contribution is -0.182. The second kappa shape index (κ2) is 8.94. The van der Waals surface area contributed by atoms with Gasteiger partial charge in [-0.15, -0.1) is 23.5 Å². The molecule has 26 heavy (non-hydrogen) atoms. The number of hydrogen-bond donors (Lipinski definition) is 0. The van der Waals surface area contributed by atoms with E-state index in [2.05, 4.69) is 0 Å². The molecule has 0 aliphatic carbocycles. The molecule has 2 aliphatic rings. The van der Waals surface area contributed by atoms with Gasteiger partial charge in [0.2, 0.25) is 0 Å². The number of hydrogen-bond acceptors (Lipinski definition) is 8. The van der Waals surface area contributed by atoms with Gasteiger partial charge in [-0.3, -0.25) is 4.79 Å². The molecule has 8 heteroatoms. The molecule has 0 spiro atoms. The van der Waals surface area contributed by atoms with Gasteiger partial charge >= 0.3 is 11.9 Å². The number of thioether (sulfide) groups is 2. The second-order valence-electron chi connectivity index (χ2n) is 5.66. The molecule has 3 atom stereocenters. The predicted molar refractivity (Wildman–Crippen MR) is 99.9 cm³/mol. The summed E-state index contributed by atoms with van der Waals surface area (Å²) in [5, 5.41) is 0.